The van der Waals surface area contributed by atoms with Crippen molar-refractivity contribution in [2.24, 2.45) is 0 Å². The summed E-state index contributed by atoms with van der Waals surface area (Å²) >= 11 is 0. The van der Waals surface area contributed by atoms with Gasteiger partial charge in [-0.2, -0.15) is 13.2 Å². The monoisotopic (exact) mass is 434 g/mol. The number of benzene rings is 1. The van der Waals surface area contributed by atoms with Crippen LogP contribution in [-0.4, -0.2) is 39.3 Å². The van der Waals surface area contributed by atoms with Gasteiger partial charge in [-0.25, -0.2) is 9.97 Å². The van der Waals surface area contributed by atoms with E-state index in [0.29, 0.717) is 29.3 Å². The lowest BCUT2D eigenvalue weighted by Crippen LogP contribution is -2.26. The molecule has 3 aromatic rings. The number of aromatic nitrogens is 3. The zero-order valence-electron chi connectivity index (χ0n) is 16.6. The highest BCUT2D eigenvalue weighted by Crippen LogP contribution is 2.31. The Labute approximate surface area is 176 Å². The van der Waals surface area contributed by atoms with Crippen LogP contribution < -0.4 is 15.6 Å². The number of aliphatic hydroxyl groups excluding tert-OH is 1. The number of aliphatic hydroxyl groups is 1. The lowest BCUT2D eigenvalue weighted by molar-refractivity contribution is -0.137. The van der Waals surface area contributed by atoms with E-state index < -0.39 is 17.8 Å². The second-order valence-electron chi connectivity index (χ2n) is 6.74. The second-order valence-corrected chi connectivity index (χ2v) is 6.74. The molecule has 164 valence electrons. The predicted molar refractivity (Wildman–Crippen MR) is 109 cm³/mol. The third-order valence-corrected chi connectivity index (χ3v) is 4.32. The molecular weight excluding hydrogens is 413 g/mol. The van der Waals surface area contributed by atoms with Crippen molar-refractivity contribution in [3.8, 4) is 17.1 Å². The molecular formula is C21H21F3N4O3. The summed E-state index contributed by atoms with van der Waals surface area (Å²) in [6, 6.07) is 9.28. The van der Waals surface area contributed by atoms with Gasteiger partial charge in [0, 0.05) is 30.1 Å². The van der Waals surface area contributed by atoms with Crippen LogP contribution in [-0.2, 0) is 12.6 Å². The van der Waals surface area contributed by atoms with Crippen LogP contribution in [0.4, 0.5) is 19.0 Å². The maximum atomic E-state index is 12.7. The van der Waals surface area contributed by atoms with Gasteiger partial charge in [0.1, 0.15) is 30.1 Å². The number of H-pyrrole nitrogens is 1. The first-order valence-electron chi connectivity index (χ1n) is 9.53. The van der Waals surface area contributed by atoms with Crippen molar-refractivity contribution >= 4 is 5.82 Å². The van der Waals surface area contributed by atoms with Gasteiger partial charge >= 0.3 is 6.18 Å². The van der Waals surface area contributed by atoms with Crippen LogP contribution in [0.25, 0.3) is 11.4 Å². The van der Waals surface area contributed by atoms with Crippen molar-refractivity contribution in [1.82, 2.24) is 15.0 Å². The number of ether oxygens (including phenoxy) is 1. The van der Waals surface area contributed by atoms with Gasteiger partial charge in [-0.05, 0) is 36.8 Å². The van der Waals surface area contributed by atoms with Gasteiger partial charge in [-0.15, -0.1) is 0 Å². The second kappa shape index (κ2) is 9.61. The molecule has 0 aliphatic heterocycles. The van der Waals surface area contributed by atoms with E-state index in [1.54, 1.807) is 12.1 Å². The molecule has 10 heteroatoms. The molecule has 1 atom stereocenters. The largest absolute Gasteiger partial charge is 0.491 e. The Hall–Kier alpha value is -3.40. The number of rotatable bonds is 8. The van der Waals surface area contributed by atoms with Crippen molar-refractivity contribution in [2.45, 2.75) is 25.6 Å². The number of nitrogens with zero attached hydrogens (tertiary/aromatic N) is 2. The van der Waals surface area contributed by atoms with Crippen molar-refractivity contribution in [2.75, 3.05) is 18.5 Å². The molecule has 3 rings (SSSR count). The first-order chi connectivity index (χ1) is 14.7. The van der Waals surface area contributed by atoms with E-state index in [1.807, 2.05) is 6.92 Å². The number of aryl methyl sites for hydroxylation is 1. The molecule has 2 heterocycles. The lowest BCUT2D eigenvalue weighted by Gasteiger charge is -2.15. The van der Waals surface area contributed by atoms with E-state index >= 15 is 0 Å². The molecule has 0 saturated carbocycles. The Bertz CT molecular complexity index is 1070. The summed E-state index contributed by atoms with van der Waals surface area (Å²) in [5, 5.41) is 13.0. The standard InChI is InChI=1S/C21H21F3N4O3/c1-2-15-9-19(30)28-20(27-15)13-6-7-18(25-10-13)26-11-16(29)12-31-17-5-3-4-14(8-17)21(22,23)24/h3-10,16,29H,2,11-12H2,1H3,(H,25,26)(H,27,28,30). The van der Waals surface area contributed by atoms with E-state index in [0.717, 1.165) is 12.1 Å². The van der Waals surface area contributed by atoms with Gasteiger partial charge in [0.15, 0.2) is 0 Å². The van der Waals surface area contributed by atoms with Crippen molar-refractivity contribution in [1.29, 1.82) is 0 Å². The van der Waals surface area contributed by atoms with Crippen LogP contribution in [0.1, 0.15) is 18.2 Å². The average Bonchev–Trinajstić information content (AvgIpc) is 2.75. The highest BCUT2D eigenvalue weighted by molar-refractivity contribution is 5.55. The maximum Gasteiger partial charge on any atom is 0.416 e. The van der Waals surface area contributed by atoms with Gasteiger partial charge in [0.25, 0.3) is 5.56 Å². The lowest BCUT2D eigenvalue weighted by atomic mass is 10.2. The van der Waals surface area contributed by atoms with E-state index in [9.17, 15) is 23.1 Å². The van der Waals surface area contributed by atoms with Gasteiger partial charge in [-0.1, -0.05) is 13.0 Å². The number of nitrogens with one attached hydrogen (secondary N) is 2. The molecule has 1 aromatic carbocycles. The number of halogens is 3. The Kier molecular flexibility index (Phi) is 6.91. The smallest absolute Gasteiger partial charge is 0.416 e. The number of aromatic amines is 1. The maximum absolute atomic E-state index is 12.7. The van der Waals surface area contributed by atoms with Crippen LogP contribution in [0.2, 0.25) is 0 Å². The van der Waals surface area contributed by atoms with E-state index in [4.69, 9.17) is 4.74 Å². The molecule has 0 amide bonds. The van der Waals surface area contributed by atoms with E-state index in [-0.39, 0.29) is 24.5 Å². The molecule has 1 unspecified atom stereocenters. The Morgan fingerprint density at radius 2 is 2.03 bits per heavy atom. The normalized spacial score (nSPS) is 12.4. The molecule has 0 aliphatic rings. The highest BCUT2D eigenvalue weighted by Gasteiger charge is 2.30. The Morgan fingerprint density at radius 1 is 1.23 bits per heavy atom. The Morgan fingerprint density at radius 3 is 2.71 bits per heavy atom. The molecule has 0 spiro atoms. The summed E-state index contributed by atoms with van der Waals surface area (Å²) in [4.78, 5) is 22.9. The summed E-state index contributed by atoms with van der Waals surface area (Å²) in [5.41, 5.74) is 0.242. The summed E-state index contributed by atoms with van der Waals surface area (Å²) in [5.74, 6) is 0.904. The molecule has 7 nitrogen and oxygen atoms in total. The van der Waals surface area contributed by atoms with Crippen molar-refractivity contribution in [3.63, 3.8) is 0 Å². The summed E-state index contributed by atoms with van der Waals surface area (Å²) in [6.45, 7) is 1.78. The van der Waals surface area contributed by atoms with Gasteiger partial charge in [0.2, 0.25) is 0 Å². The SMILES string of the molecule is CCc1cc(=O)[nH]c(-c2ccc(NCC(O)COc3cccc(C(F)(F)F)c3)nc2)n1. The molecule has 0 saturated heterocycles. The molecule has 0 fully saturated rings. The minimum absolute atomic E-state index is 0.0205. The fraction of sp³-hybridized carbons (Fsp3) is 0.286. The number of anilines is 1. The van der Waals surface area contributed by atoms with Gasteiger partial charge in [-0.3, -0.25) is 4.79 Å². The van der Waals surface area contributed by atoms with Crippen LogP contribution in [0.3, 0.4) is 0 Å². The first kappa shape index (κ1) is 22.3. The first-order valence-corrected chi connectivity index (χ1v) is 9.53. The van der Waals surface area contributed by atoms with E-state index in [1.165, 1.54) is 24.4 Å². The number of alkyl halides is 3. The Balaban J connectivity index is 1.53. The highest BCUT2D eigenvalue weighted by atomic mass is 19.4. The third kappa shape index (κ3) is 6.29. The summed E-state index contributed by atoms with van der Waals surface area (Å²) in [6.07, 6.45) is -3.27. The van der Waals surface area contributed by atoms with Crippen molar-refractivity contribution < 1.29 is 23.0 Å². The topological polar surface area (TPSA) is 100 Å². The molecule has 3 N–H and O–H groups in total. The predicted octanol–water partition coefficient (Wildman–Crippen LogP) is 3.26. The van der Waals surface area contributed by atoms with Gasteiger partial charge in [0.05, 0.1) is 5.56 Å². The molecule has 0 bridgehead atoms. The molecule has 0 aliphatic carbocycles. The quantitative estimate of drug-likeness (QED) is 0.503. The summed E-state index contributed by atoms with van der Waals surface area (Å²) in [7, 11) is 0. The molecule has 0 radical (unpaired) electrons. The van der Waals surface area contributed by atoms with Crippen LogP contribution >= 0.6 is 0 Å². The van der Waals surface area contributed by atoms with Crippen molar-refractivity contribution in [3.05, 3.63) is 70.3 Å². The fourth-order valence-corrected chi connectivity index (χ4v) is 2.70. The van der Waals surface area contributed by atoms with Crippen LogP contribution in [0, 0.1) is 0 Å². The third-order valence-electron chi connectivity index (χ3n) is 4.32. The summed E-state index contributed by atoms with van der Waals surface area (Å²) < 4.78 is 43.4. The molecule has 2 aromatic heterocycles. The van der Waals surface area contributed by atoms with Crippen LogP contribution in [0.15, 0.2) is 53.5 Å². The molecule has 31 heavy (non-hydrogen) atoms. The zero-order valence-corrected chi connectivity index (χ0v) is 16.6. The van der Waals surface area contributed by atoms with Crippen LogP contribution in [0.5, 0.6) is 5.75 Å². The fourth-order valence-electron chi connectivity index (χ4n) is 2.70. The zero-order chi connectivity index (χ0) is 22.4. The minimum Gasteiger partial charge on any atom is -0.491 e. The van der Waals surface area contributed by atoms with E-state index in [2.05, 4.69) is 20.3 Å². The number of hydrogen-bond donors (Lipinski definition) is 3. The number of hydrogen-bond acceptors (Lipinski definition) is 6. The van der Waals surface area contributed by atoms with Gasteiger partial charge < -0.3 is 20.1 Å². The average molecular weight is 434 g/mol. The number of pyridine rings is 1. The minimum atomic E-state index is -4.46.